The van der Waals surface area contributed by atoms with Crippen LogP contribution in [0.25, 0.3) is 0 Å². The number of aryl methyl sites for hydroxylation is 2. The number of rotatable bonds is 5. The Morgan fingerprint density at radius 2 is 2.00 bits per heavy atom. The van der Waals surface area contributed by atoms with Gasteiger partial charge in [0.1, 0.15) is 6.54 Å². The van der Waals surface area contributed by atoms with Gasteiger partial charge in [-0.05, 0) is 31.5 Å². The predicted molar refractivity (Wildman–Crippen MR) is 103 cm³/mol. The number of carbonyl (C=O) groups is 1. The summed E-state index contributed by atoms with van der Waals surface area (Å²) in [6.07, 6.45) is -2.63. The predicted octanol–water partition coefficient (Wildman–Crippen LogP) is 3.56. The zero-order valence-corrected chi connectivity index (χ0v) is 16.4. The average molecular weight is 422 g/mol. The van der Waals surface area contributed by atoms with E-state index in [1.807, 2.05) is 0 Å². The quantitative estimate of drug-likeness (QED) is 0.682. The van der Waals surface area contributed by atoms with E-state index in [4.69, 9.17) is 0 Å². The third kappa shape index (κ3) is 5.29. The van der Waals surface area contributed by atoms with Crippen molar-refractivity contribution >= 4 is 22.4 Å². The number of hydrogen-bond donors (Lipinski definition) is 1. The van der Waals surface area contributed by atoms with E-state index in [-0.39, 0.29) is 13.0 Å². The van der Waals surface area contributed by atoms with Crippen LogP contribution in [0.4, 0.5) is 18.3 Å². The van der Waals surface area contributed by atoms with E-state index in [1.54, 1.807) is 26.0 Å². The highest BCUT2D eigenvalue weighted by Crippen LogP contribution is 2.30. The molecular weight excluding hydrogens is 405 g/mol. The van der Waals surface area contributed by atoms with Gasteiger partial charge in [0.2, 0.25) is 5.91 Å². The van der Waals surface area contributed by atoms with E-state index in [1.165, 1.54) is 16.8 Å². The van der Waals surface area contributed by atoms with Crippen LogP contribution in [-0.4, -0.2) is 20.4 Å². The molecule has 2 aromatic heterocycles. The van der Waals surface area contributed by atoms with Gasteiger partial charge in [0.25, 0.3) is 0 Å². The Balaban J connectivity index is 1.66. The molecule has 2 heterocycles. The highest BCUT2D eigenvalue weighted by molar-refractivity contribution is 7.15. The molecule has 10 heteroatoms. The maximum Gasteiger partial charge on any atom is 0.416 e. The van der Waals surface area contributed by atoms with Crippen molar-refractivity contribution in [3.8, 4) is 0 Å². The van der Waals surface area contributed by atoms with Crippen LogP contribution in [0.3, 0.4) is 0 Å². The van der Waals surface area contributed by atoms with Gasteiger partial charge in [-0.2, -0.15) is 18.2 Å². The molecule has 0 atom stereocenters. The third-order valence-electron chi connectivity index (χ3n) is 4.08. The lowest BCUT2D eigenvalue weighted by atomic mass is 10.1. The SMILES string of the molecule is Cc1cc(C)n(CC(=O)Nc2ncc(Cc3cccc(C(F)(F)F)c3)s2)c(=O)n1. The van der Waals surface area contributed by atoms with Crippen molar-refractivity contribution in [3.05, 3.63) is 74.4 Å². The van der Waals surface area contributed by atoms with E-state index in [0.717, 1.165) is 23.5 Å². The molecule has 1 N–H and O–H groups in total. The van der Waals surface area contributed by atoms with Gasteiger partial charge >= 0.3 is 11.9 Å². The number of alkyl halides is 3. The summed E-state index contributed by atoms with van der Waals surface area (Å²) in [5.41, 5.74) is 0.460. The lowest BCUT2D eigenvalue weighted by Crippen LogP contribution is -2.31. The number of anilines is 1. The van der Waals surface area contributed by atoms with Crippen molar-refractivity contribution in [2.24, 2.45) is 0 Å². The summed E-state index contributed by atoms with van der Waals surface area (Å²) in [4.78, 5) is 32.8. The van der Waals surface area contributed by atoms with E-state index >= 15 is 0 Å². The molecule has 0 radical (unpaired) electrons. The van der Waals surface area contributed by atoms with Crippen molar-refractivity contribution in [3.63, 3.8) is 0 Å². The molecular formula is C19H17F3N4O2S. The van der Waals surface area contributed by atoms with Crippen LogP contribution in [0.1, 0.15) is 27.4 Å². The molecule has 0 aliphatic carbocycles. The van der Waals surface area contributed by atoms with Crippen LogP contribution in [0.15, 0.2) is 41.3 Å². The first-order chi connectivity index (χ1) is 13.6. The van der Waals surface area contributed by atoms with Crippen LogP contribution in [0, 0.1) is 13.8 Å². The molecule has 6 nitrogen and oxygen atoms in total. The Labute approximate surface area is 168 Å². The monoisotopic (exact) mass is 422 g/mol. The van der Waals surface area contributed by atoms with Crippen LogP contribution < -0.4 is 11.0 Å². The van der Waals surface area contributed by atoms with E-state index in [9.17, 15) is 22.8 Å². The molecule has 1 amide bonds. The molecule has 0 saturated heterocycles. The minimum Gasteiger partial charge on any atom is -0.300 e. The molecule has 0 bridgehead atoms. The molecule has 3 rings (SSSR count). The summed E-state index contributed by atoms with van der Waals surface area (Å²) in [5, 5.41) is 2.91. The van der Waals surface area contributed by atoms with Crippen LogP contribution in [-0.2, 0) is 23.9 Å². The Bertz CT molecular complexity index is 1110. The minimum atomic E-state index is -4.40. The molecule has 1 aromatic carbocycles. The first-order valence-electron chi connectivity index (χ1n) is 8.57. The largest absolute Gasteiger partial charge is 0.416 e. The van der Waals surface area contributed by atoms with Crippen LogP contribution in [0.2, 0.25) is 0 Å². The van der Waals surface area contributed by atoms with Gasteiger partial charge in [-0.3, -0.25) is 9.36 Å². The van der Waals surface area contributed by atoms with E-state index < -0.39 is 23.3 Å². The molecule has 0 aliphatic rings. The highest BCUT2D eigenvalue weighted by Gasteiger charge is 2.30. The fourth-order valence-corrected chi connectivity index (χ4v) is 3.64. The molecule has 152 valence electrons. The molecule has 0 fully saturated rings. The number of carbonyl (C=O) groups excluding carboxylic acids is 1. The second-order valence-corrected chi connectivity index (χ2v) is 7.58. The number of halogens is 3. The minimum absolute atomic E-state index is 0.208. The lowest BCUT2D eigenvalue weighted by Gasteiger charge is -2.09. The summed E-state index contributed by atoms with van der Waals surface area (Å²) in [7, 11) is 0. The molecule has 0 aliphatic heterocycles. The molecule has 29 heavy (non-hydrogen) atoms. The summed E-state index contributed by atoms with van der Waals surface area (Å²) in [6, 6.07) is 6.78. The number of nitrogens with one attached hydrogen (secondary N) is 1. The number of hydrogen-bond acceptors (Lipinski definition) is 5. The molecule has 0 spiro atoms. The molecule has 3 aromatic rings. The van der Waals surface area contributed by atoms with Gasteiger partial charge in [-0.15, -0.1) is 11.3 Å². The van der Waals surface area contributed by atoms with Gasteiger partial charge < -0.3 is 5.32 Å². The number of aromatic nitrogens is 3. The third-order valence-corrected chi connectivity index (χ3v) is 4.99. The molecule has 0 saturated carbocycles. The zero-order valence-electron chi connectivity index (χ0n) is 15.6. The van der Waals surface area contributed by atoms with Crippen LogP contribution >= 0.6 is 11.3 Å². The summed E-state index contributed by atoms with van der Waals surface area (Å²) >= 11 is 1.16. The zero-order chi connectivity index (χ0) is 21.2. The fraction of sp³-hybridized carbons (Fsp3) is 0.263. The van der Waals surface area contributed by atoms with Gasteiger partial charge in [0.05, 0.1) is 5.56 Å². The highest BCUT2D eigenvalue weighted by atomic mass is 32.1. The average Bonchev–Trinajstić information content (AvgIpc) is 3.04. The van der Waals surface area contributed by atoms with Crippen molar-refractivity contribution in [1.29, 1.82) is 0 Å². The Morgan fingerprint density at radius 1 is 1.24 bits per heavy atom. The van der Waals surface area contributed by atoms with Gasteiger partial charge in [0, 0.05) is 28.9 Å². The summed E-state index contributed by atoms with van der Waals surface area (Å²) in [5.74, 6) is -0.444. The fourth-order valence-electron chi connectivity index (χ4n) is 2.78. The number of thiazole rings is 1. The maximum atomic E-state index is 12.8. The Kier molecular flexibility index (Phi) is 5.83. The number of nitrogens with zero attached hydrogens (tertiary/aromatic N) is 3. The molecule has 0 unspecified atom stereocenters. The number of benzene rings is 1. The van der Waals surface area contributed by atoms with Crippen molar-refractivity contribution in [2.45, 2.75) is 33.0 Å². The first-order valence-corrected chi connectivity index (χ1v) is 9.39. The standard InChI is InChI=1S/C19H17F3N4O2S/c1-11-6-12(2)26(18(28)24-11)10-16(27)25-17-23-9-15(29-17)8-13-4-3-5-14(7-13)19(20,21)22/h3-7,9H,8,10H2,1-2H3,(H,23,25,27). The Morgan fingerprint density at radius 3 is 2.69 bits per heavy atom. The number of amides is 1. The second-order valence-electron chi connectivity index (χ2n) is 6.46. The van der Waals surface area contributed by atoms with Gasteiger partial charge in [-0.1, -0.05) is 18.2 Å². The summed E-state index contributed by atoms with van der Waals surface area (Å²) in [6.45, 7) is 3.20. The maximum absolute atomic E-state index is 12.8. The van der Waals surface area contributed by atoms with Crippen molar-refractivity contribution < 1.29 is 18.0 Å². The Hall–Kier alpha value is -3.01. The van der Waals surface area contributed by atoms with Crippen molar-refractivity contribution in [2.75, 3.05) is 5.32 Å². The summed E-state index contributed by atoms with van der Waals surface area (Å²) < 4.78 is 39.7. The van der Waals surface area contributed by atoms with Gasteiger partial charge in [0.15, 0.2) is 5.13 Å². The second kappa shape index (κ2) is 8.16. The smallest absolute Gasteiger partial charge is 0.300 e. The van der Waals surface area contributed by atoms with E-state index in [0.29, 0.717) is 27.0 Å². The topological polar surface area (TPSA) is 76.9 Å². The first kappa shape index (κ1) is 20.7. The van der Waals surface area contributed by atoms with Gasteiger partial charge in [-0.25, -0.2) is 9.78 Å². The van der Waals surface area contributed by atoms with Crippen LogP contribution in [0.5, 0.6) is 0 Å². The normalized spacial score (nSPS) is 11.5. The van der Waals surface area contributed by atoms with E-state index in [2.05, 4.69) is 15.3 Å². The van der Waals surface area contributed by atoms with Crippen molar-refractivity contribution in [1.82, 2.24) is 14.5 Å². The lowest BCUT2D eigenvalue weighted by molar-refractivity contribution is -0.137.